The second-order valence-corrected chi connectivity index (χ2v) is 11.3. The molecule has 0 saturated heterocycles. The minimum atomic E-state index is -3.75. The van der Waals surface area contributed by atoms with Crippen LogP contribution in [0.25, 0.3) is 21.8 Å². The molecule has 0 amide bonds. The van der Waals surface area contributed by atoms with Crippen LogP contribution in [-0.4, -0.2) is 30.2 Å². The van der Waals surface area contributed by atoms with Gasteiger partial charge in [0.15, 0.2) is 0 Å². The maximum Gasteiger partial charge on any atom is 0.240 e. The smallest absolute Gasteiger partial charge is 0.240 e. The number of rotatable bonds is 4. The van der Waals surface area contributed by atoms with Crippen LogP contribution in [0.4, 0.5) is 0 Å². The Kier molecular flexibility index (Phi) is 5.91. The van der Waals surface area contributed by atoms with Gasteiger partial charge < -0.3 is 9.67 Å². The number of hydrogen-bond donors (Lipinski definition) is 2. The predicted octanol–water partition coefficient (Wildman–Crippen LogP) is 5.84. The van der Waals surface area contributed by atoms with Gasteiger partial charge in [0.25, 0.3) is 0 Å². The van der Waals surface area contributed by atoms with Gasteiger partial charge in [-0.15, -0.1) is 0 Å². The zero-order valence-electron chi connectivity index (χ0n) is 18.0. The fraction of sp³-hybridized carbons (Fsp3) is 0.280. The number of aliphatic hydroxyl groups is 1. The molecule has 0 aliphatic heterocycles. The lowest BCUT2D eigenvalue weighted by molar-refractivity contribution is 0.0547. The molecule has 2 N–H and O–H groups in total. The van der Waals surface area contributed by atoms with Crippen molar-refractivity contribution in [2.24, 2.45) is 0 Å². The van der Waals surface area contributed by atoms with Crippen LogP contribution >= 0.6 is 23.2 Å². The molecule has 1 saturated carbocycles. The monoisotopic (exact) mass is 502 g/mol. The minimum Gasteiger partial charge on any atom is -0.389 e. The largest absolute Gasteiger partial charge is 0.389 e. The van der Waals surface area contributed by atoms with E-state index in [1.807, 2.05) is 43.3 Å². The number of fused-ring (bicyclic) bond motifs is 3. The number of aryl methyl sites for hydroxylation is 1. The summed E-state index contributed by atoms with van der Waals surface area (Å²) in [6, 6.07) is 17.2. The molecule has 8 heteroatoms. The third-order valence-electron chi connectivity index (χ3n) is 6.52. The molecular formula is C25H24Cl2N2O3S. The number of aromatic nitrogens is 1. The van der Waals surface area contributed by atoms with E-state index >= 15 is 0 Å². The number of nitrogens with one attached hydrogen (secondary N) is 1. The molecule has 3 atom stereocenters. The van der Waals surface area contributed by atoms with Crippen LogP contribution in [0.15, 0.2) is 65.6 Å². The van der Waals surface area contributed by atoms with Crippen molar-refractivity contribution in [1.29, 1.82) is 0 Å². The summed E-state index contributed by atoms with van der Waals surface area (Å²) < 4.78 is 30.8. The quantitative estimate of drug-likeness (QED) is 0.368. The number of halogens is 2. The molecule has 172 valence electrons. The van der Waals surface area contributed by atoms with Gasteiger partial charge >= 0.3 is 0 Å². The van der Waals surface area contributed by atoms with Gasteiger partial charge in [-0.1, -0.05) is 40.9 Å². The van der Waals surface area contributed by atoms with E-state index < -0.39 is 22.2 Å². The van der Waals surface area contributed by atoms with Gasteiger partial charge in [-0.25, -0.2) is 13.1 Å². The van der Waals surface area contributed by atoms with Crippen molar-refractivity contribution >= 4 is 55.0 Å². The molecule has 33 heavy (non-hydrogen) atoms. The van der Waals surface area contributed by atoms with Crippen LogP contribution in [0.2, 0.25) is 10.0 Å². The van der Waals surface area contributed by atoms with Gasteiger partial charge in [0.2, 0.25) is 10.0 Å². The second-order valence-electron chi connectivity index (χ2n) is 8.72. The highest BCUT2D eigenvalue weighted by Crippen LogP contribution is 2.39. The standard InChI is InChI=1S/C25H24Cl2N2O3S/c1-15-5-9-18(10-6-15)33(31,32)28-21-3-2-4-24(25(21)30)29-22-11-7-16(26)13-19(22)20-14-17(27)8-12-23(20)29/h5-14,21,24-25,28,30H,2-4H2,1H3/t21-,24?,25+/m1/s1. The van der Waals surface area contributed by atoms with Gasteiger partial charge in [0.05, 0.1) is 23.1 Å². The lowest BCUT2D eigenvalue weighted by atomic mass is 9.88. The predicted molar refractivity (Wildman–Crippen MR) is 134 cm³/mol. The summed E-state index contributed by atoms with van der Waals surface area (Å²) in [4.78, 5) is 0.198. The summed E-state index contributed by atoms with van der Waals surface area (Å²) in [5.41, 5.74) is 2.85. The molecule has 0 radical (unpaired) electrons. The fourth-order valence-electron chi connectivity index (χ4n) is 4.91. The first kappa shape index (κ1) is 22.7. The van der Waals surface area contributed by atoms with E-state index in [4.69, 9.17) is 23.2 Å². The number of benzene rings is 3. The summed E-state index contributed by atoms with van der Waals surface area (Å²) in [5.74, 6) is 0. The molecular weight excluding hydrogens is 479 g/mol. The highest BCUT2D eigenvalue weighted by Gasteiger charge is 2.37. The van der Waals surface area contributed by atoms with E-state index in [-0.39, 0.29) is 10.9 Å². The maximum absolute atomic E-state index is 13.0. The molecule has 1 fully saturated rings. The van der Waals surface area contributed by atoms with Crippen LogP contribution in [0.1, 0.15) is 30.9 Å². The van der Waals surface area contributed by atoms with Gasteiger partial charge in [0, 0.05) is 31.9 Å². The Morgan fingerprint density at radius 1 is 0.909 bits per heavy atom. The van der Waals surface area contributed by atoms with Crippen molar-refractivity contribution in [2.75, 3.05) is 0 Å². The molecule has 0 spiro atoms. The minimum absolute atomic E-state index is 0.198. The Bertz CT molecular complexity index is 1390. The number of hydrogen-bond acceptors (Lipinski definition) is 3. The number of nitrogens with zero attached hydrogens (tertiary/aromatic N) is 1. The van der Waals surface area contributed by atoms with E-state index in [9.17, 15) is 13.5 Å². The first-order valence-electron chi connectivity index (χ1n) is 10.9. The van der Waals surface area contributed by atoms with E-state index in [1.165, 1.54) is 0 Å². The third-order valence-corrected chi connectivity index (χ3v) is 8.49. The highest BCUT2D eigenvalue weighted by atomic mass is 35.5. The van der Waals surface area contributed by atoms with E-state index in [0.717, 1.165) is 40.2 Å². The van der Waals surface area contributed by atoms with Crippen molar-refractivity contribution in [2.45, 2.75) is 49.3 Å². The van der Waals surface area contributed by atoms with Gasteiger partial charge in [-0.05, 0) is 74.7 Å². The molecule has 1 unspecified atom stereocenters. The maximum atomic E-state index is 13.0. The van der Waals surface area contributed by atoms with Gasteiger partial charge in [-0.2, -0.15) is 0 Å². The van der Waals surface area contributed by atoms with Gasteiger partial charge in [-0.3, -0.25) is 0 Å². The Balaban J connectivity index is 1.54. The Morgan fingerprint density at radius 2 is 1.48 bits per heavy atom. The number of sulfonamides is 1. The molecule has 4 aromatic rings. The summed E-state index contributed by atoms with van der Waals surface area (Å²) in [5, 5.41) is 14.5. The zero-order valence-corrected chi connectivity index (χ0v) is 20.3. The average Bonchev–Trinajstić information content (AvgIpc) is 3.08. The van der Waals surface area contributed by atoms with Crippen LogP contribution in [-0.2, 0) is 10.0 Å². The Labute approximate surface area is 203 Å². The fourth-order valence-corrected chi connectivity index (χ4v) is 6.54. The van der Waals surface area contributed by atoms with Crippen molar-refractivity contribution in [3.63, 3.8) is 0 Å². The second kappa shape index (κ2) is 8.60. The molecule has 1 aliphatic carbocycles. The van der Waals surface area contributed by atoms with E-state index in [2.05, 4.69) is 9.29 Å². The van der Waals surface area contributed by atoms with Crippen LogP contribution in [0.5, 0.6) is 0 Å². The van der Waals surface area contributed by atoms with E-state index in [0.29, 0.717) is 16.5 Å². The lowest BCUT2D eigenvalue weighted by Crippen LogP contribution is -2.49. The first-order valence-corrected chi connectivity index (χ1v) is 13.1. The first-order chi connectivity index (χ1) is 15.7. The molecule has 1 heterocycles. The normalized spacial score (nSPS) is 21.6. The average molecular weight is 503 g/mol. The number of aliphatic hydroxyl groups excluding tert-OH is 1. The van der Waals surface area contributed by atoms with Crippen molar-refractivity contribution < 1.29 is 13.5 Å². The molecule has 1 aromatic heterocycles. The SMILES string of the molecule is Cc1ccc(S(=O)(=O)N[C@@H]2CCCC(n3c4ccc(Cl)cc4c4cc(Cl)ccc43)[C@H]2O)cc1. The van der Waals surface area contributed by atoms with Crippen LogP contribution in [0.3, 0.4) is 0 Å². The highest BCUT2D eigenvalue weighted by molar-refractivity contribution is 7.89. The van der Waals surface area contributed by atoms with E-state index in [1.54, 1.807) is 24.3 Å². The lowest BCUT2D eigenvalue weighted by Gasteiger charge is -2.36. The van der Waals surface area contributed by atoms with Crippen molar-refractivity contribution in [3.8, 4) is 0 Å². The molecule has 3 aromatic carbocycles. The summed E-state index contributed by atoms with van der Waals surface area (Å²) >= 11 is 12.6. The molecule has 5 rings (SSSR count). The summed E-state index contributed by atoms with van der Waals surface area (Å²) in [6.07, 6.45) is 1.18. The summed E-state index contributed by atoms with van der Waals surface area (Å²) in [6.45, 7) is 1.91. The third kappa shape index (κ3) is 4.15. The Morgan fingerprint density at radius 3 is 2.06 bits per heavy atom. The van der Waals surface area contributed by atoms with Gasteiger partial charge in [0.1, 0.15) is 0 Å². The van der Waals surface area contributed by atoms with Crippen molar-refractivity contribution in [1.82, 2.24) is 9.29 Å². The molecule has 0 bridgehead atoms. The molecule has 1 aliphatic rings. The van der Waals surface area contributed by atoms with Crippen LogP contribution in [0, 0.1) is 6.92 Å². The topological polar surface area (TPSA) is 71.3 Å². The Hall–Kier alpha value is -2.09. The zero-order chi connectivity index (χ0) is 23.3. The molecule has 5 nitrogen and oxygen atoms in total. The van der Waals surface area contributed by atoms with Crippen LogP contribution < -0.4 is 4.72 Å². The van der Waals surface area contributed by atoms with Crippen molar-refractivity contribution in [3.05, 3.63) is 76.3 Å². The summed E-state index contributed by atoms with van der Waals surface area (Å²) in [7, 11) is -3.75.